The van der Waals surface area contributed by atoms with Gasteiger partial charge in [-0.25, -0.2) is 0 Å². The fourth-order valence-corrected chi connectivity index (χ4v) is 1.24. The number of hydrogen-bond donors (Lipinski definition) is 1. The highest BCUT2D eigenvalue weighted by atomic mass is 32.2. The molecule has 0 aliphatic heterocycles. The van der Waals surface area contributed by atoms with E-state index in [9.17, 15) is 0 Å². The first-order valence-corrected chi connectivity index (χ1v) is 4.71. The van der Waals surface area contributed by atoms with Crippen LogP contribution in [0.15, 0.2) is 0 Å². The maximum absolute atomic E-state index is 5.54. The van der Waals surface area contributed by atoms with Crippen molar-refractivity contribution in [2.45, 2.75) is 20.3 Å². The van der Waals surface area contributed by atoms with E-state index in [2.05, 4.69) is 20.1 Å². The van der Waals surface area contributed by atoms with Crippen molar-refractivity contribution in [1.29, 1.82) is 0 Å². The Hall–Kier alpha value is 0.310. The first-order chi connectivity index (χ1) is 4.12. The fraction of sp³-hybridized carbons (Fsp3) is 1.00. The molecule has 0 aromatic rings. The number of hydrogen-bond acceptors (Lipinski definition) is 2. The van der Waals surface area contributed by atoms with Gasteiger partial charge in [-0.2, -0.15) is 11.8 Å². The Kier molecular flexibility index (Phi) is 4.32. The largest absolute Gasteiger partial charge is 0.330 e. The van der Waals surface area contributed by atoms with Crippen LogP contribution in [0.25, 0.3) is 0 Å². The van der Waals surface area contributed by atoms with Crippen LogP contribution in [0.3, 0.4) is 0 Å². The smallest absolute Gasteiger partial charge is 0.00255 e. The molecule has 0 radical (unpaired) electrons. The summed E-state index contributed by atoms with van der Waals surface area (Å²) in [6, 6.07) is 0. The molecule has 0 atom stereocenters. The summed E-state index contributed by atoms with van der Waals surface area (Å²) in [4.78, 5) is 0. The lowest BCUT2D eigenvalue weighted by atomic mass is 9.91. The van der Waals surface area contributed by atoms with E-state index in [1.807, 2.05) is 11.8 Å². The maximum atomic E-state index is 5.54. The number of thioether (sulfide) groups is 1. The molecule has 1 nitrogen and oxygen atoms in total. The van der Waals surface area contributed by atoms with Crippen LogP contribution in [0.1, 0.15) is 20.3 Å². The third kappa shape index (κ3) is 4.79. The van der Waals surface area contributed by atoms with Gasteiger partial charge in [0.1, 0.15) is 0 Å². The van der Waals surface area contributed by atoms with E-state index in [4.69, 9.17) is 5.73 Å². The summed E-state index contributed by atoms with van der Waals surface area (Å²) in [6.45, 7) is 5.22. The third-order valence-electron chi connectivity index (χ3n) is 1.54. The Morgan fingerprint density at radius 2 is 2.00 bits per heavy atom. The summed E-state index contributed by atoms with van der Waals surface area (Å²) in [5.74, 6) is 1.23. The molecule has 0 saturated heterocycles. The van der Waals surface area contributed by atoms with Crippen molar-refractivity contribution in [2.24, 2.45) is 11.1 Å². The van der Waals surface area contributed by atoms with Gasteiger partial charge in [0, 0.05) is 0 Å². The molecule has 0 fully saturated rings. The molecule has 56 valence electrons. The lowest BCUT2D eigenvalue weighted by Gasteiger charge is -2.20. The van der Waals surface area contributed by atoms with Crippen LogP contribution in [0.5, 0.6) is 0 Å². The number of rotatable bonds is 4. The van der Waals surface area contributed by atoms with Crippen molar-refractivity contribution in [3.8, 4) is 0 Å². The van der Waals surface area contributed by atoms with Gasteiger partial charge in [-0.3, -0.25) is 0 Å². The molecule has 0 amide bonds. The molecule has 0 saturated carbocycles. The Balaban J connectivity index is 3.33. The van der Waals surface area contributed by atoms with E-state index < -0.39 is 0 Å². The molecule has 0 aromatic carbocycles. The van der Waals surface area contributed by atoms with Gasteiger partial charge in [0.05, 0.1) is 0 Å². The van der Waals surface area contributed by atoms with Crippen molar-refractivity contribution in [2.75, 3.05) is 18.6 Å². The molecule has 0 unspecified atom stereocenters. The van der Waals surface area contributed by atoms with Gasteiger partial charge in [-0.05, 0) is 30.4 Å². The van der Waals surface area contributed by atoms with Gasteiger partial charge < -0.3 is 5.73 Å². The van der Waals surface area contributed by atoms with Gasteiger partial charge in [0.25, 0.3) is 0 Å². The standard InChI is InChI=1S/C7H17NS/c1-7(2,6-8)4-5-9-3/h4-6,8H2,1-3H3. The minimum Gasteiger partial charge on any atom is -0.330 e. The van der Waals surface area contributed by atoms with Crippen LogP contribution in [0.2, 0.25) is 0 Å². The van der Waals surface area contributed by atoms with Crippen LogP contribution in [0.4, 0.5) is 0 Å². The SMILES string of the molecule is CSCCC(C)(C)CN. The summed E-state index contributed by atoms with van der Waals surface area (Å²) >= 11 is 1.89. The van der Waals surface area contributed by atoms with E-state index in [1.54, 1.807) is 0 Å². The van der Waals surface area contributed by atoms with Crippen LogP contribution >= 0.6 is 11.8 Å². The third-order valence-corrected chi connectivity index (χ3v) is 2.15. The van der Waals surface area contributed by atoms with E-state index in [0.29, 0.717) is 5.41 Å². The molecular weight excluding hydrogens is 130 g/mol. The lowest BCUT2D eigenvalue weighted by molar-refractivity contribution is 0.368. The highest BCUT2D eigenvalue weighted by Gasteiger charge is 2.13. The highest BCUT2D eigenvalue weighted by molar-refractivity contribution is 7.98. The zero-order chi connectivity index (χ0) is 7.33. The Morgan fingerprint density at radius 3 is 2.33 bits per heavy atom. The summed E-state index contributed by atoms with van der Waals surface area (Å²) in [5.41, 5.74) is 5.89. The summed E-state index contributed by atoms with van der Waals surface area (Å²) in [7, 11) is 0. The average Bonchev–Trinajstić information content (AvgIpc) is 1.84. The second-order valence-corrected chi connectivity index (χ2v) is 4.10. The molecule has 2 heteroatoms. The molecule has 0 spiro atoms. The molecule has 0 heterocycles. The Morgan fingerprint density at radius 1 is 1.44 bits per heavy atom. The number of nitrogens with two attached hydrogens (primary N) is 1. The Bertz CT molecular complexity index is 71.3. The molecular formula is C7H17NS. The highest BCUT2D eigenvalue weighted by Crippen LogP contribution is 2.19. The van der Waals surface area contributed by atoms with Crippen LogP contribution < -0.4 is 5.73 Å². The minimum atomic E-state index is 0.350. The first kappa shape index (κ1) is 9.31. The topological polar surface area (TPSA) is 26.0 Å². The Labute approximate surface area is 62.4 Å². The lowest BCUT2D eigenvalue weighted by Crippen LogP contribution is -2.23. The summed E-state index contributed by atoms with van der Waals surface area (Å²) in [6.07, 6.45) is 3.36. The second-order valence-electron chi connectivity index (χ2n) is 3.11. The molecule has 0 aliphatic carbocycles. The van der Waals surface area contributed by atoms with Crippen LogP contribution in [0, 0.1) is 5.41 Å². The zero-order valence-corrected chi connectivity index (χ0v) is 7.42. The molecule has 0 bridgehead atoms. The van der Waals surface area contributed by atoms with Crippen molar-refractivity contribution >= 4 is 11.8 Å². The van der Waals surface area contributed by atoms with Crippen molar-refractivity contribution in [3.63, 3.8) is 0 Å². The van der Waals surface area contributed by atoms with E-state index in [0.717, 1.165) is 6.54 Å². The summed E-state index contributed by atoms with van der Waals surface area (Å²) < 4.78 is 0. The van der Waals surface area contributed by atoms with E-state index in [-0.39, 0.29) is 0 Å². The van der Waals surface area contributed by atoms with E-state index in [1.165, 1.54) is 12.2 Å². The molecule has 0 aromatic heterocycles. The average molecular weight is 147 g/mol. The van der Waals surface area contributed by atoms with Crippen LogP contribution in [-0.2, 0) is 0 Å². The van der Waals surface area contributed by atoms with Gasteiger partial charge in [-0.1, -0.05) is 13.8 Å². The van der Waals surface area contributed by atoms with Gasteiger partial charge in [0.2, 0.25) is 0 Å². The van der Waals surface area contributed by atoms with Gasteiger partial charge in [-0.15, -0.1) is 0 Å². The van der Waals surface area contributed by atoms with Crippen molar-refractivity contribution in [1.82, 2.24) is 0 Å². The second kappa shape index (κ2) is 4.18. The van der Waals surface area contributed by atoms with Crippen molar-refractivity contribution < 1.29 is 0 Å². The van der Waals surface area contributed by atoms with Crippen LogP contribution in [-0.4, -0.2) is 18.6 Å². The molecule has 2 N–H and O–H groups in total. The zero-order valence-electron chi connectivity index (χ0n) is 6.61. The van der Waals surface area contributed by atoms with Gasteiger partial charge in [0.15, 0.2) is 0 Å². The monoisotopic (exact) mass is 147 g/mol. The molecule has 0 aliphatic rings. The van der Waals surface area contributed by atoms with Gasteiger partial charge >= 0.3 is 0 Å². The quantitative estimate of drug-likeness (QED) is 0.655. The summed E-state index contributed by atoms with van der Waals surface area (Å²) in [5, 5.41) is 0. The normalized spacial score (nSPS) is 12.0. The predicted molar refractivity (Wildman–Crippen MR) is 45.8 cm³/mol. The van der Waals surface area contributed by atoms with Crippen molar-refractivity contribution in [3.05, 3.63) is 0 Å². The molecule has 0 rings (SSSR count). The fourth-order valence-electron chi connectivity index (χ4n) is 0.480. The first-order valence-electron chi connectivity index (χ1n) is 3.31. The predicted octanol–water partition coefficient (Wildman–Crippen LogP) is 1.72. The maximum Gasteiger partial charge on any atom is -0.00255 e. The molecule has 9 heavy (non-hydrogen) atoms. The minimum absolute atomic E-state index is 0.350. The van der Waals surface area contributed by atoms with E-state index >= 15 is 0 Å².